The van der Waals surface area contributed by atoms with Gasteiger partial charge in [0.2, 0.25) is 0 Å². The van der Waals surface area contributed by atoms with Crippen molar-refractivity contribution >= 4 is 0 Å². The maximum atomic E-state index is 10.7. The molecule has 0 radical (unpaired) electrons. The summed E-state index contributed by atoms with van der Waals surface area (Å²) in [4.78, 5) is 0. The molecular weight excluding hydrogens is 236 g/mol. The summed E-state index contributed by atoms with van der Waals surface area (Å²) in [6.07, 6.45) is 5.07. The summed E-state index contributed by atoms with van der Waals surface area (Å²) >= 11 is 0. The molecule has 0 aromatic heterocycles. The lowest BCUT2D eigenvalue weighted by atomic mass is 9.94. The van der Waals surface area contributed by atoms with E-state index in [4.69, 9.17) is 4.74 Å². The van der Waals surface area contributed by atoms with Crippen LogP contribution in [0.1, 0.15) is 36.5 Å². The van der Waals surface area contributed by atoms with Crippen molar-refractivity contribution in [3.05, 3.63) is 29.3 Å². The third-order valence-corrected chi connectivity index (χ3v) is 6.21. The number of fused-ring (bicyclic) bond motifs is 6. The van der Waals surface area contributed by atoms with E-state index in [0.29, 0.717) is 5.92 Å². The molecule has 2 bridgehead atoms. The lowest BCUT2D eigenvalue weighted by Crippen LogP contribution is -2.08. The minimum atomic E-state index is -0.232. The smallest absolute Gasteiger partial charge is 0.122 e. The van der Waals surface area contributed by atoms with E-state index in [9.17, 15) is 5.11 Å². The van der Waals surface area contributed by atoms with Crippen LogP contribution in [-0.4, -0.2) is 11.7 Å². The average Bonchev–Trinajstić information content (AvgIpc) is 2.84. The van der Waals surface area contributed by atoms with E-state index in [-0.39, 0.29) is 6.10 Å². The van der Waals surface area contributed by atoms with Gasteiger partial charge in [0.15, 0.2) is 0 Å². The number of aliphatic hydroxyl groups is 1. The number of hydrogen-bond donors (Lipinski definition) is 1. The Morgan fingerprint density at radius 3 is 2.74 bits per heavy atom. The standard InChI is InChI=1S/C17H20O2/c18-17(12-3-4-13-9(7-12)5-6-19-13)16-14-10-1-2-11(8-10)15(14)16/h3-4,7,10-11,14-18H,1-2,5-6,8H2. The van der Waals surface area contributed by atoms with Crippen LogP contribution in [0.15, 0.2) is 18.2 Å². The van der Waals surface area contributed by atoms with Gasteiger partial charge < -0.3 is 9.84 Å². The first-order valence-electron chi connectivity index (χ1n) is 7.76. The molecule has 19 heavy (non-hydrogen) atoms. The third kappa shape index (κ3) is 1.36. The first-order valence-corrected chi connectivity index (χ1v) is 7.76. The second-order valence-corrected chi connectivity index (χ2v) is 6.98. The van der Waals surface area contributed by atoms with Gasteiger partial charge in [0.1, 0.15) is 5.75 Å². The summed E-state index contributed by atoms with van der Waals surface area (Å²) in [6.45, 7) is 0.799. The topological polar surface area (TPSA) is 29.5 Å². The van der Waals surface area contributed by atoms with Crippen molar-refractivity contribution in [2.75, 3.05) is 6.61 Å². The van der Waals surface area contributed by atoms with Crippen molar-refractivity contribution in [1.82, 2.24) is 0 Å². The molecule has 0 amide bonds. The molecule has 1 aliphatic heterocycles. The van der Waals surface area contributed by atoms with Crippen molar-refractivity contribution < 1.29 is 9.84 Å². The van der Waals surface area contributed by atoms with Crippen LogP contribution in [0.25, 0.3) is 0 Å². The summed E-state index contributed by atoms with van der Waals surface area (Å²) in [6, 6.07) is 6.31. The Hall–Kier alpha value is -1.02. The predicted octanol–water partition coefficient (Wildman–Crippen LogP) is 2.95. The van der Waals surface area contributed by atoms with E-state index in [2.05, 4.69) is 12.1 Å². The van der Waals surface area contributed by atoms with Gasteiger partial charge >= 0.3 is 0 Å². The Bertz CT molecular complexity index is 522. The highest BCUT2D eigenvalue weighted by Crippen LogP contribution is 2.72. The highest BCUT2D eigenvalue weighted by molar-refractivity contribution is 5.41. The zero-order valence-corrected chi connectivity index (χ0v) is 11.1. The van der Waals surface area contributed by atoms with Gasteiger partial charge in [-0.1, -0.05) is 6.07 Å². The van der Waals surface area contributed by atoms with E-state index in [0.717, 1.165) is 48.0 Å². The fourth-order valence-electron chi connectivity index (χ4n) is 5.43. The number of rotatable bonds is 2. The van der Waals surface area contributed by atoms with Gasteiger partial charge in [-0.25, -0.2) is 0 Å². The van der Waals surface area contributed by atoms with E-state index in [1.54, 1.807) is 0 Å². The molecule has 1 N–H and O–H groups in total. The van der Waals surface area contributed by atoms with E-state index < -0.39 is 0 Å². The van der Waals surface area contributed by atoms with Crippen LogP contribution in [0.3, 0.4) is 0 Å². The van der Waals surface area contributed by atoms with Crippen molar-refractivity contribution in [1.29, 1.82) is 0 Å². The molecule has 1 aromatic carbocycles. The van der Waals surface area contributed by atoms with Crippen molar-refractivity contribution in [3.63, 3.8) is 0 Å². The van der Waals surface area contributed by atoms with Crippen molar-refractivity contribution in [3.8, 4) is 5.75 Å². The predicted molar refractivity (Wildman–Crippen MR) is 71.9 cm³/mol. The third-order valence-electron chi connectivity index (χ3n) is 6.21. The second kappa shape index (κ2) is 3.54. The molecule has 3 fully saturated rings. The van der Waals surface area contributed by atoms with Crippen LogP contribution in [-0.2, 0) is 6.42 Å². The Morgan fingerprint density at radius 2 is 1.95 bits per heavy atom. The van der Waals surface area contributed by atoms with Gasteiger partial charge in [-0.05, 0) is 72.1 Å². The molecule has 2 heteroatoms. The summed E-state index contributed by atoms with van der Waals surface area (Å²) in [5.41, 5.74) is 2.41. The summed E-state index contributed by atoms with van der Waals surface area (Å²) in [7, 11) is 0. The van der Waals surface area contributed by atoms with Crippen LogP contribution in [0.2, 0.25) is 0 Å². The van der Waals surface area contributed by atoms with Gasteiger partial charge in [-0.2, -0.15) is 0 Å². The minimum Gasteiger partial charge on any atom is -0.493 e. The van der Waals surface area contributed by atoms with Crippen molar-refractivity contribution in [2.24, 2.45) is 29.6 Å². The van der Waals surface area contributed by atoms with E-state index in [1.807, 2.05) is 6.07 Å². The zero-order chi connectivity index (χ0) is 12.6. The first kappa shape index (κ1) is 10.7. The van der Waals surface area contributed by atoms with Crippen molar-refractivity contribution in [2.45, 2.75) is 31.8 Å². The average molecular weight is 256 g/mol. The maximum absolute atomic E-state index is 10.7. The highest BCUT2D eigenvalue weighted by Gasteiger charge is 2.66. The van der Waals surface area contributed by atoms with E-state index >= 15 is 0 Å². The number of hydrogen-bond acceptors (Lipinski definition) is 2. The Labute approximate surface area is 113 Å². The fraction of sp³-hybridized carbons (Fsp3) is 0.647. The Morgan fingerprint density at radius 1 is 1.16 bits per heavy atom. The molecule has 0 spiro atoms. The number of ether oxygens (including phenoxy) is 1. The minimum absolute atomic E-state index is 0.232. The quantitative estimate of drug-likeness (QED) is 0.881. The van der Waals surface area contributed by atoms with Gasteiger partial charge in [0, 0.05) is 6.42 Å². The van der Waals surface area contributed by atoms with Gasteiger partial charge in [0.05, 0.1) is 12.7 Å². The first-order chi connectivity index (χ1) is 9.33. The normalized spacial score (nSPS) is 42.7. The molecule has 5 atom stereocenters. The molecule has 3 aliphatic carbocycles. The number of benzene rings is 1. The lowest BCUT2D eigenvalue weighted by Gasteiger charge is -2.16. The van der Waals surface area contributed by atoms with Crippen LogP contribution < -0.4 is 4.74 Å². The van der Waals surface area contributed by atoms with E-state index in [1.165, 1.54) is 24.8 Å². The monoisotopic (exact) mass is 256 g/mol. The van der Waals surface area contributed by atoms with Gasteiger partial charge in [-0.15, -0.1) is 0 Å². The molecule has 5 rings (SSSR count). The molecule has 1 heterocycles. The second-order valence-electron chi connectivity index (χ2n) is 6.98. The van der Waals surface area contributed by atoms with Gasteiger partial charge in [-0.3, -0.25) is 0 Å². The molecule has 100 valence electrons. The Balaban J connectivity index is 1.42. The summed E-state index contributed by atoms with van der Waals surface area (Å²) in [5, 5.41) is 10.7. The molecule has 2 nitrogen and oxygen atoms in total. The highest BCUT2D eigenvalue weighted by atomic mass is 16.5. The molecule has 5 unspecified atom stereocenters. The van der Waals surface area contributed by atoms with Crippen LogP contribution >= 0.6 is 0 Å². The molecule has 3 saturated carbocycles. The van der Waals surface area contributed by atoms with Gasteiger partial charge in [0.25, 0.3) is 0 Å². The maximum Gasteiger partial charge on any atom is 0.122 e. The molecular formula is C17H20O2. The fourth-order valence-corrected chi connectivity index (χ4v) is 5.43. The van der Waals surface area contributed by atoms with Crippen LogP contribution in [0.4, 0.5) is 0 Å². The summed E-state index contributed by atoms with van der Waals surface area (Å²) < 4.78 is 5.55. The Kier molecular flexibility index (Phi) is 2.00. The number of aliphatic hydroxyl groups excluding tert-OH is 1. The lowest BCUT2D eigenvalue weighted by molar-refractivity contribution is 0.130. The van der Waals surface area contributed by atoms with Crippen LogP contribution in [0.5, 0.6) is 5.75 Å². The SMILES string of the molecule is OC(c1ccc2c(c1)CCO2)C1C2C3CCC(C3)C21. The molecule has 0 saturated heterocycles. The largest absolute Gasteiger partial charge is 0.493 e. The molecule has 1 aromatic rings. The zero-order valence-electron chi connectivity index (χ0n) is 11.1. The summed E-state index contributed by atoms with van der Waals surface area (Å²) in [5.74, 6) is 5.15. The molecule has 4 aliphatic rings. The van der Waals surface area contributed by atoms with Crippen LogP contribution in [0, 0.1) is 29.6 Å².